The molecule has 3 heterocycles. The van der Waals surface area contributed by atoms with Crippen LogP contribution in [0.1, 0.15) is 25.0 Å². The minimum atomic E-state index is -4.94. The molecule has 2 amide bonds. The molecule has 1 saturated heterocycles. The minimum absolute atomic E-state index is 0.0988. The number of carbonyl (C=O) groups excluding carboxylic acids is 2. The first kappa shape index (κ1) is 23.0. The van der Waals surface area contributed by atoms with Crippen LogP contribution in [0.4, 0.5) is 18.0 Å². The number of imide groups is 1. The van der Waals surface area contributed by atoms with Crippen LogP contribution in [-0.2, 0) is 10.2 Å². The second kappa shape index (κ2) is 8.19. The number of ether oxygens (including phenoxy) is 2. The van der Waals surface area contributed by atoms with Gasteiger partial charge in [-0.1, -0.05) is 25.1 Å². The number of hydrogen-bond acceptors (Lipinski definition) is 7. The van der Waals surface area contributed by atoms with Gasteiger partial charge in [0.2, 0.25) is 0 Å². The highest BCUT2D eigenvalue weighted by atomic mass is 32.2. The van der Waals surface area contributed by atoms with Gasteiger partial charge in [-0.3, -0.25) is 14.9 Å². The number of aromatic nitrogens is 1. The van der Waals surface area contributed by atoms with Gasteiger partial charge in [-0.2, -0.15) is 0 Å². The van der Waals surface area contributed by atoms with E-state index in [1.807, 2.05) is 19.9 Å². The van der Waals surface area contributed by atoms with Crippen LogP contribution in [0.2, 0.25) is 0 Å². The van der Waals surface area contributed by atoms with Gasteiger partial charge < -0.3 is 14.0 Å². The number of thioether (sulfide) groups is 1. The van der Waals surface area contributed by atoms with Gasteiger partial charge in [0, 0.05) is 33.7 Å². The van der Waals surface area contributed by atoms with Crippen LogP contribution in [0, 0.1) is 0 Å². The number of carbonyl (C=O) groups is 2. The van der Waals surface area contributed by atoms with Gasteiger partial charge in [0.1, 0.15) is 11.5 Å². The van der Waals surface area contributed by atoms with E-state index in [1.165, 1.54) is 30.5 Å². The van der Waals surface area contributed by atoms with Crippen molar-refractivity contribution < 1.29 is 36.8 Å². The summed E-state index contributed by atoms with van der Waals surface area (Å²) in [6, 6.07) is 9.17. The zero-order valence-corrected chi connectivity index (χ0v) is 19.2. The molecule has 2 aromatic carbocycles. The highest BCUT2D eigenvalue weighted by Crippen LogP contribution is 2.49. The number of nitrogens with zero attached hydrogens (tertiary/aromatic N) is 1. The normalized spacial score (nSPS) is 17.9. The number of halogens is 3. The predicted octanol–water partition coefficient (Wildman–Crippen LogP) is 5.90. The average Bonchev–Trinajstić information content (AvgIpc) is 3.48. The summed E-state index contributed by atoms with van der Waals surface area (Å²) in [7, 11) is 0. The molecule has 35 heavy (non-hydrogen) atoms. The van der Waals surface area contributed by atoms with Crippen molar-refractivity contribution in [3.8, 4) is 33.9 Å². The van der Waals surface area contributed by atoms with Crippen molar-refractivity contribution in [1.29, 1.82) is 0 Å². The Balaban J connectivity index is 1.72. The van der Waals surface area contributed by atoms with Crippen LogP contribution >= 0.6 is 11.8 Å². The maximum atomic E-state index is 13.3. The summed E-state index contributed by atoms with van der Waals surface area (Å²) in [5, 5.41) is 5.35. The summed E-state index contributed by atoms with van der Waals surface area (Å²) < 4.78 is 55.4. The molecule has 0 saturated carbocycles. The van der Waals surface area contributed by atoms with E-state index >= 15 is 0 Å². The van der Waals surface area contributed by atoms with Crippen molar-refractivity contribution in [2.75, 3.05) is 6.61 Å². The smallest absolute Gasteiger partial charge is 0.492 e. The Labute approximate surface area is 201 Å². The van der Waals surface area contributed by atoms with E-state index in [9.17, 15) is 22.8 Å². The van der Waals surface area contributed by atoms with Gasteiger partial charge in [-0.25, -0.2) is 0 Å². The summed E-state index contributed by atoms with van der Waals surface area (Å²) in [5.74, 6) is -0.149. The monoisotopic (exact) mass is 502 g/mol. The molecule has 7 nitrogen and oxygen atoms in total. The fourth-order valence-electron chi connectivity index (χ4n) is 3.96. The third-order valence-corrected chi connectivity index (χ3v) is 6.39. The van der Waals surface area contributed by atoms with Crippen LogP contribution in [0.3, 0.4) is 0 Å². The van der Waals surface area contributed by atoms with Gasteiger partial charge >= 0.3 is 6.36 Å². The van der Waals surface area contributed by atoms with Crippen LogP contribution < -0.4 is 14.8 Å². The van der Waals surface area contributed by atoms with Gasteiger partial charge in [0.25, 0.3) is 11.1 Å². The minimum Gasteiger partial charge on any atom is -0.492 e. The molecular formula is C24H17F3N2O5S. The molecule has 1 fully saturated rings. The summed E-state index contributed by atoms with van der Waals surface area (Å²) in [5.41, 5.74) is 1.84. The van der Waals surface area contributed by atoms with E-state index < -0.39 is 28.7 Å². The van der Waals surface area contributed by atoms with E-state index in [1.54, 1.807) is 12.1 Å². The maximum absolute atomic E-state index is 13.3. The molecule has 0 atom stereocenters. The lowest BCUT2D eigenvalue weighted by atomic mass is 9.83. The average molecular weight is 502 g/mol. The lowest BCUT2D eigenvalue weighted by molar-refractivity contribution is -0.274. The van der Waals surface area contributed by atoms with Crippen LogP contribution in [0.5, 0.6) is 11.5 Å². The van der Waals surface area contributed by atoms with Crippen LogP contribution in [-0.4, -0.2) is 29.3 Å². The van der Waals surface area contributed by atoms with Gasteiger partial charge in [-0.15, -0.1) is 13.2 Å². The first-order chi connectivity index (χ1) is 16.5. The highest BCUT2D eigenvalue weighted by Gasteiger charge is 2.37. The second-order valence-corrected chi connectivity index (χ2v) is 9.62. The van der Waals surface area contributed by atoms with Gasteiger partial charge in [0.15, 0.2) is 5.76 Å². The van der Waals surface area contributed by atoms with Gasteiger partial charge in [0.05, 0.1) is 17.7 Å². The molecule has 2 aliphatic rings. The van der Waals surface area contributed by atoms with Crippen molar-refractivity contribution >= 4 is 29.0 Å². The number of benzene rings is 2. The molecule has 0 spiro atoms. The molecule has 3 aromatic rings. The van der Waals surface area contributed by atoms with E-state index in [0.717, 1.165) is 5.56 Å². The summed E-state index contributed by atoms with van der Waals surface area (Å²) in [6.45, 7) is 4.26. The maximum Gasteiger partial charge on any atom is 0.573 e. The number of alkyl halides is 3. The number of amides is 2. The molecule has 0 bridgehead atoms. The summed E-state index contributed by atoms with van der Waals surface area (Å²) in [6.07, 6.45) is -2.04. The molecule has 0 radical (unpaired) electrons. The van der Waals surface area contributed by atoms with Crippen molar-refractivity contribution in [3.63, 3.8) is 0 Å². The van der Waals surface area contributed by atoms with Gasteiger partial charge in [-0.05, 0) is 47.7 Å². The number of rotatable bonds is 4. The van der Waals surface area contributed by atoms with Crippen molar-refractivity contribution in [2.45, 2.75) is 25.6 Å². The first-order valence-electron chi connectivity index (χ1n) is 10.4. The first-order valence-corrected chi connectivity index (χ1v) is 11.2. The fraction of sp³-hybridized carbons (Fsp3) is 0.208. The number of fused-ring (bicyclic) bond motifs is 1. The Morgan fingerprint density at radius 2 is 1.94 bits per heavy atom. The second-order valence-electron chi connectivity index (χ2n) is 8.61. The topological polar surface area (TPSA) is 90.7 Å². The number of hydrogen-bond donors (Lipinski definition) is 1. The molecule has 0 aliphatic carbocycles. The molecular weight excluding hydrogens is 485 g/mol. The lowest BCUT2D eigenvalue weighted by Crippen LogP contribution is -2.18. The van der Waals surface area contributed by atoms with Crippen molar-refractivity contribution in [3.05, 3.63) is 58.6 Å². The Kier molecular flexibility index (Phi) is 5.39. The molecule has 1 N–H and O–H groups in total. The summed E-state index contributed by atoms with van der Waals surface area (Å²) >= 11 is 0.711. The van der Waals surface area contributed by atoms with Crippen LogP contribution in [0.25, 0.3) is 28.5 Å². The van der Waals surface area contributed by atoms with E-state index in [-0.39, 0.29) is 10.5 Å². The third kappa shape index (κ3) is 4.51. The third-order valence-electron chi connectivity index (χ3n) is 5.58. The number of nitrogens with one attached hydrogen (secondary N) is 1. The zero-order chi connectivity index (χ0) is 25.0. The molecule has 0 unspecified atom stereocenters. The predicted molar refractivity (Wildman–Crippen MR) is 122 cm³/mol. The Morgan fingerprint density at radius 1 is 1.14 bits per heavy atom. The fourth-order valence-corrected chi connectivity index (χ4v) is 4.64. The lowest BCUT2D eigenvalue weighted by Gasteiger charge is -2.19. The zero-order valence-electron chi connectivity index (χ0n) is 18.4. The molecule has 1 aromatic heterocycles. The van der Waals surface area contributed by atoms with Crippen molar-refractivity contribution in [1.82, 2.24) is 10.5 Å². The van der Waals surface area contributed by atoms with E-state index in [0.29, 0.717) is 46.6 Å². The quantitative estimate of drug-likeness (QED) is 0.444. The highest BCUT2D eigenvalue weighted by molar-refractivity contribution is 8.18. The molecule has 11 heteroatoms. The Hall–Kier alpha value is -3.73. The van der Waals surface area contributed by atoms with Crippen LogP contribution in [0.15, 0.2) is 52.0 Å². The van der Waals surface area contributed by atoms with E-state index in [2.05, 4.69) is 15.2 Å². The SMILES string of the molecule is CC1(C)COc2c(-c3cc(/C=C4/SC(=O)NC4=O)ccc3OC(F)(F)F)cc(-c3ccno3)cc21. The molecule has 2 aliphatic heterocycles. The Bertz CT molecular complexity index is 1380. The molecule has 180 valence electrons. The summed E-state index contributed by atoms with van der Waals surface area (Å²) in [4.78, 5) is 23.6. The molecule has 5 rings (SSSR count). The van der Waals surface area contributed by atoms with Crippen molar-refractivity contribution in [2.24, 2.45) is 0 Å². The Morgan fingerprint density at radius 3 is 2.60 bits per heavy atom. The van der Waals surface area contributed by atoms with E-state index in [4.69, 9.17) is 9.26 Å². The largest absolute Gasteiger partial charge is 0.573 e. The standard InChI is InChI=1S/C24H17F3N2O5S/c1-23(2)11-32-20-15(9-13(10-16(20)23)17-5-6-28-34-17)14-7-12(3-4-18(14)33-24(25,26)27)8-19-21(30)29-22(31)35-19/h3-10H,11H2,1-2H3,(H,29,30,31)/b19-8+.